The van der Waals surface area contributed by atoms with Gasteiger partial charge in [-0.15, -0.1) is 0 Å². The molecule has 0 aliphatic carbocycles. The van der Waals surface area contributed by atoms with Crippen LogP contribution in [0, 0.1) is 6.92 Å². The fourth-order valence-electron chi connectivity index (χ4n) is 2.85. The Hall–Kier alpha value is -1.26. The minimum absolute atomic E-state index is 0.354. The third kappa shape index (κ3) is 1.82. The molecule has 2 aliphatic rings. The van der Waals surface area contributed by atoms with Gasteiger partial charge >= 0.3 is 0 Å². The Balaban J connectivity index is 2.09. The first-order chi connectivity index (χ1) is 8.94. The van der Waals surface area contributed by atoms with Gasteiger partial charge in [0.1, 0.15) is 13.2 Å². The monoisotopic (exact) mass is 264 g/mol. The molecule has 0 radical (unpaired) electrons. The van der Waals surface area contributed by atoms with Gasteiger partial charge in [0.25, 0.3) is 0 Å². The lowest BCUT2D eigenvalue weighted by atomic mass is 9.66. The lowest BCUT2D eigenvalue weighted by Gasteiger charge is -2.50. The molecule has 3 rings (SSSR count). The summed E-state index contributed by atoms with van der Waals surface area (Å²) in [7, 11) is 0. The quantitative estimate of drug-likeness (QED) is 0.885. The van der Waals surface area contributed by atoms with Gasteiger partial charge in [0.2, 0.25) is 0 Å². The van der Waals surface area contributed by atoms with E-state index in [1.54, 1.807) is 0 Å². The van der Waals surface area contributed by atoms with Crippen LogP contribution < -0.4 is 9.47 Å². The Morgan fingerprint density at radius 1 is 1.11 bits per heavy atom. The van der Waals surface area contributed by atoms with Crippen molar-refractivity contribution in [3.05, 3.63) is 23.3 Å². The van der Waals surface area contributed by atoms with Gasteiger partial charge < -0.3 is 19.3 Å². The Kier molecular flexibility index (Phi) is 2.76. The average molecular weight is 264 g/mol. The lowest BCUT2D eigenvalue weighted by Crippen LogP contribution is -2.60. The molecular weight excluding hydrogens is 244 g/mol. The highest BCUT2D eigenvalue weighted by Gasteiger charge is 2.52. The third-order valence-corrected chi connectivity index (χ3v) is 4.27. The van der Waals surface area contributed by atoms with Gasteiger partial charge in [0.15, 0.2) is 11.5 Å². The molecule has 2 heterocycles. The fraction of sp³-hybridized carbons (Fsp3) is 0.600. The number of rotatable bonds is 2. The van der Waals surface area contributed by atoms with Gasteiger partial charge in [-0.1, -0.05) is 0 Å². The molecule has 2 aliphatic heterocycles. The molecule has 1 saturated heterocycles. The molecule has 0 bridgehead atoms. The van der Waals surface area contributed by atoms with Crippen LogP contribution in [-0.2, 0) is 10.2 Å². The molecule has 0 atom stereocenters. The summed E-state index contributed by atoms with van der Waals surface area (Å²) >= 11 is 0. The van der Waals surface area contributed by atoms with Crippen LogP contribution in [-0.4, -0.2) is 37.1 Å². The van der Waals surface area contributed by atoms with Crippen molar-refractivity contribution in [2.24, 2.45) is 0 Å². The first-order valence-electron chi connectivity index (χ1n) is 6.65. The zero-order chi connectivity index (χ0) is 13.7. The molecule has 4 nitrogen and oxygen atoms in total. The average Bonchev–Trinajstić information content (AvgIpc) is 2.26. The van der Waals surface area contributed by atoms with Crippen molar-refractivity contribution >= 4 is 0 Å². The number of aliphatic hydroxyl groups is 1. The molecule has 0 aromatic heterocycles. The van der Waals surface area contributed by atoms with Gasteiger partial charge in [-0.25, -0.2) is 0 Å². The highest BCUT2D eigenvalue weighted by atomic mass is 16.6. The van der Waals surface area contributed by atoms with Crippen LogP contribution in [0.1, 0.15) is 25.0 Å². The van der Waals surface area contributed by atoms with E-state index in [1.165, 1.54) is 0 Å². The van der Waals surface area contributed by atoms with E-state index in [1.807, 2.05) is 32.9 Å². The summed E-state index contributed by atoms with van der Waals surface area (Å²) in [6, 6.07) is 4.00. The molecular formula is C15H20O4. The van der Waals surface area contributed by atoms with E-state index >= 15 is 0 Å². The molecule has 0 amide bonds. The van der Waals surface area contributed by atoms with Gasteiger partial charge in [0, 0.05) is 0 Å². The predicted octanol–water partition coefficient (Wildman–Crippen LogP) is 1.81. The Morgan fingerprint density at radius 2 is 1.68 bits per heavy atom. The maximum Gasteiger partial charge on any atom is 0.161 e. The number of aryl methyl sites for hydroxylation is 1. The van der Waals surface area contributed by atoms with Crippen LogP contribution >= 0.6 is 0 Å². The molecule has 19 heavy (non-hydrogen) atoms. The zero-order valence-electron chi connectivity index (χ0n) is 11.7. The molecule has 1 fully saturated rings. The van der Waals surface area contributed by atoms with Crippen molar-refractivity contribution < 1.29 is 19.3 Å². The molecule has 104 valence electrons. The highest BCUT2D eigenvalue weighted by molar-refractivity contribution is 5.51. The zero-order valence-corrected chi connectivity index (χ0v) is 11.7. The van der Waals surface area contributed by atoms with Crippen LogP contribution in [0.2, 0.25) is 0 Å². The van der Waals surface area contributed by atoms with E-state index in [4.69, 9.17) is 14.2 Å². The first kappa shape index (κ1) is 12.8. The van der Waals surface area contributed by atoms with Crippen LogP contribution in [0.4, 0.5) is 0 Å². The number of ether oxygens (including phenoxy) is 3. The summed E-state index contributed by atoms with van der Waals surface area (Å²) in [5.41, 5.74) is 1.01. The summed E-state index contributed by atoms with van der Waals surface area (Å²) in [6.45, 7) is 7.96. The lowest BCUT2D eigenvalue weighted by molar-refractivity contribution is -0.157. The van der Waals surface area contributed by atoms with Crippen molar-refractivity contribution in [2.75, 3.05) is 26.4 Å². The number of hydrogen-bond donors (Lipinski definition) is 1. The van der Waals surface area contributed by atoms with Gasteiger partial charge in [-0.05, 0) is 44.0 Å². The van der Waals surface area contributed by atoms with Crippen molar-refractivity contribution in [3.63, 3.8) is 0 Å². The van der Waals surface area contributed by atoms with Crippen LogP contribution in [0.15, 0.2) is 12.1 Å². The topological polar surface area (TPSA) is 47.9 Å². The van der Waals surface area contributed by atoms with E-state index in [2.05, 4.69) is 0 Å². The maximum absolute atomic E-state index is 10.5. The number of hydrogen-bond acceptors (Lipinski definition) is 4. The second-order valence-electron chi connectivity index (χ2n) is 5.94. The van der Waals surface area contributed by atoms with E-state index in [-0.39, 0.29) is 5.41 Å². The standard InChI is InChI=1S/C15H20O4/c1-10-6-12-13(19-5-4-18-12)7-11(10)15(8-17-9-15)14(2,3)16/h6-7,16H,4-5,8-9H2,1-3H3. The summed E-state index contributed by atoms with van der Waals surface area (Å²) in [5.74, 6) is 1.56. The van der Waals surface area contributed by atoms with Crippen molar-refractivity contribution in [1.82, 2.24) is 0 Å². The summed E-state index contributed by atoms with van der Waals surface area (Å²) in [6.07, 6.45) is 0. The largest absolute Gasteiger partial charge is 0.486 e. The van der Waals surface area contributed by atoms with Crippen molar-refractivity contribution in [1.29, 1.82) is 0 Å². The highest BCUT2D eigenvalue weighted by Crippen LogP contribution is 2.46. The van der Waals surface area contributed by atoms with E-state index in [0.29, 0.717) is 26.4 Å². The van der Waals surface area contributed by atoms with Crippen molar-refractivity contribution in [2.45, 2.75) is 31.8 Å². The first-order valence-corrected chi connectivity index (χ1v) is 6.65. The minimum Gasteiger partial charge on any atom is -0.486 e. The van der Waals surface area contributed by atoms with Crippen molar-refractivity contribution in [3.8, 4) is 11.5 Å². The molecule has 1 aromatic carbocycles. The van der Waals surface area contributed by atoms with Crippen LogP contribution in [0.25, 0.3) is 0 Å². The smallest absolute Gasteiger partial charge is 0.161 e. The summed E-state index contributed by atoms with van der Waals surface area (Å²) in [5, 5.41) is 10.5. The molecule has 1 N–H and O–H groups in total. The molecule has 1 aromatic rings. The SMILES string of the molecule is Cc1cc2c(cc1C1(C(C)(C)O)COC1)OCCO2. The van der Waals surface area contributed by atoms with Crippen LogP contribution in [0.5, 0.6) is 11.5 Å². The molecule has 0 saturated carbocycles. The Labute approximate surface area is 113 Å². The van der Waals surface area contributed by atoms with Gasteiger partial charge in [-0.2, -0.15) is 0 Å². The van der Waals surface area contributed by atoms with E-state index < -0.39 is 5.60 Å². The maximum atomic E-state index is 10.5. The molecule has 0 unspecified atom stereocenters. The van der Waals surface area contributed by atoms with Gasteiger partial charge in [0.05, 0.1) is 24.2 Å². The predicted molar refractivity (Wildman–Crippen MR) is 71.0 cm³/mol. The Morgan fingerprint density at radius 3 is 2.16 bits per heavy atom. The minimum atomic E-state index is -0.834. The molecule has 0 spiro atoms. The fourth-order valence-corrected chi connectivity index (χ4v) is 2.85. The molecule has 4 heteroatoms. The summed E-state index contributed by atoms with van der Waals surface area (Å²) in [4.78, 5) is 0. The third-order valence-electron chi connectivity index (χ3n) is 4.27. The number of benzene rings is 1. The summed E-state index contributed by atoms with van der Waals surface area (Å²) < 4.78 is 16.6. The van der Waals surface area contributed by atoms with Crippen LogP contribution in [0.3, 0.4) is 0 Å². The van der Waals surface area contributed by atoms with E-state index in [9.17, 15) is 5.11 Å². The second kappa shape index (κ2) is 4.12. The number of fused-ring (bicyclic) bond motifs is 1. The normalized spacial score (nSPS) is 20.8. The Bertz CT molecular complexity index is 498. The van der Waals surface area contributed by atoms with E-state index in [0.717, 1.165) is 22.6 Å². The second-order valence-corrected chi connectivity index (χ2v) is 5.94. The van der Waals surface area contributed by atoms with Gasteiger partial charge in [-0.3, -0.25) is 0 Å².